The van der Waals surface area contributed by atoms with Crippen molar-refractivity contribution < 1.29 is 9.90 Å². The van der Waals surface area contributed by atoms with E-state index in [-0.39, 0.29) is 12.3 Å². The summed E-state index contributed by atoms with van der Waals surface area (Å²) in [5.74, 6) is 1.61. The monoisotopic (exact) mass is 225 g/mol. The molecule has 0 aliphatic heterocycles. The average Bonchev–Trinajstić information content (AvgIpc) is 2.25. The van der Waals surface area contributed by atoms with E-state index < -0.39 is 5.97 Å². The van der Waals surface area contributed by atoms with Gasteiger partial charge in [-0.15, -0.1) is 0 Å². The average molecular weight is 225 g/mol. The van der Waals surface area contributed by atoms with Gasteiger partial charge in [0.2, 0.25) is 0 Å². The summed E-state index contributed by atoms with van der Waals surface area (Å²) in [6.07, 6.45) is 4.00. The molecule has 2 bridgehead atoms. The number of carbonyl (C=O) groups is 1. The van der Waals surface area contributed by atoms with Crippen LogP contribution in [-0.2, 0) is 4.79 Å². The summed E-state index contributed by atoms with van der Waals surface area (Å²) in [6.45, 7) is 5.20. The molecule has 0 aromatic heterocycles. The lowest BCUT2D eigenvalue weighted by Crippen LogP contribution is -2.54. The highest BCUT2D eigenvalue weighted by Crippen LogP contribution is 2.62. The molecule has 3 aliphatic carbocycles. The zero-order chi connectivity index (χ0) is 11.9. The van der Waals surface area contributed by atoms with Crippen molar-refractivity contribution in [1.82, 2.24) is 0 Å². The first-order chi connectivity index (χ1) is 7.46. The fourth-order valence-electron chi connectivity index (χ4n) is 4.07. The molecular formula is C13H23NO2. The fourth-order valence-corrected chi connectivity index (χ4v) is 4.07. The van der Waals surface area contributed by atoms with Crippen molar-refractivity contribution in [3.63, 3.8) is 0 Å². The van der Waals surface area contributed by atoms with Crippen LogP contribution in [0.4, 0.5) is 0 Å². The van der Waals surface area contributed by atoms with E-state index >= 15 is 0 Å². The van der Waals surface area contributed by atoms with Gasteiger partial charge in [-0.2, -0.15) is 0 Å². The zero-order valence-electron chi connectivity index (χ0n) is 10.3. The number of rotatable bonds is 4. The van der Waals surface area contributed by atoms with Crippen LogP contribution in [0.3, 0.4) is 0 Å². The minimum atomic E-state index is -0.699. The Bertz CT molecular complexity index is 286. The second-order valence-corrected chi connectivity index (χ2v) is 6.20. The second-order valence-electron chi connectivity index (χ2n) is 6.20. The summed E-state index contributed by atoms with van der Waals surface area (Å²) >= 11 is 0. The summed E-state index contributed by atoms with van der Waals surface area (Å²) in [6, 6.07) is 0. The van der Waals surface area contributed by atoms with Crippen molar-refractivity contribution in [1.29, 1.82) is 0 Å². The minimum absolute atomic E-state index is 0.183. The number of carboxylic acids is 1. The second kappa shape index (κ2) is 4.02. The van der Waals surface area contributed by atoms with Crippen molar-refractivity contribution in [2.75, 3.05) is 6.54 Å². The van der Waals surface area contributed by atoms with Crippen molar-refractivity contribution in [2.24, 2.45) is 34.8 Å². The van der Waals surface area contributed by atoms with Gasteiger partial charge in [0.15, 0.2) is 0 Å². The summed E-state index contributed by atoms with van der Waals surface area (Å²) in [7, 11) is 0. The molecule has 3 N–H and O–H groups in total. The van der Waals surface area contributed by atoms with Crippen molar-refractivity contribution in [2.45, 2.75) is 39.5 Å². The summed E-state index contributed by atoms with van der Waals surface area (Å²) in [4.78, 5) is 10.8. The molecule has 3 heteroatoms. The third kappa shape index (κ3) is 1.75. The van der Waals surface area contributed by atoms with Gasteiger partial charge >= 0.3 is 5.97 Å². The number of hydrogen-bond donors (Lipinski definition) is 2. The molecule has 0 aromatic rings. The molecule has 0 amide bonds. The molecule has 16 heavy (non-hydrogen) atoms. The first-order valence-corrected chi connectivity index (χ1v) is 6.38. The highest BCUT2D eigenvalue weighted by molar-refractivity contribution is 5.67. The Morgan fingerprint density at radius 3 is 2.62 bits per heavy atom. The van der Waals surface area contributed by atoms with E-state index in [4.69, 9.17) is 10.8 Å². The van der Waals surface area contributed by atoms with E-state index in [1.54, 1.807) is 0 Å². The van der Waals surface area contributed by atoms with Crippen LogP contribution in [0.2, 0.25) is 0 Å². The Kier molecular flexibility index (Phi) is 2.99. The standard InChI is InChI=1S/C13H23NO2/c1-13(2)9-3-4-10(11(13)6-9)8(7-14)5-12(15)16/h8-11H,3-7,14H2,1-2H3,(H,15,16). The van der Waals surface area contributed by atoms with E-state index in [1.807, 2.05) is 0 Å². The Balaban J connectivity index is 2.05. The molecule has 0 heterocycles. The molecule has 92 valence electrons. The molecule has 0 spiro atoms. The maximum absolute atomic E-state index is 10.8. The van der Waals surface area contributed by atoms with Crippen LogP contribution in [-0.4, -0.2) is 17.6 Å². The first kappa shape index (κ1) is 11.9. The van der Waals surface area contributed by atoms with Crippen molar-refractivity contribution in [3.8, 4) is 0 Å². The van der Waals surface area contributed by atoms with Crippen LogP contribution in [0.15, 0.2) is 0 Å². The van der Waals surface area contributed by atoms with E-state index in [9.17, 15) is 4.79 Å². The summed E-state index contributed by atoms with van der Waals surface area (Å²) in [5, 5.41) is 8.92. The van der Waals surface area contributed by atoms with Crippen LogP contribution in [0.25, 0.3) is 0 Å². The van der Waals surface area contributed by atoms with E-state index in [2.05, 4.69) is 13.8 Å². The topological polar surface area (TPSA) is 63.3 Å². The van der Waals surface area contributed by atoms with Gasteiger partial charge in [-0.05, 0) is 54.9 Å². The normalized spacial score (nSPS) is 37.6. The van der Waals surface area contributed by atoms with Crippen LogP contribution < -0.4 is 5.73 Å². The Hall–Kier alpha value is -0.570. The molecule has 3 fully saturated rings. The van der Waals surface area contributed by atoms with Gasteiger partial charge < -0.3 is 10.8 Å². The lowest BCUT2D eigenvalue weighted by atomic mass is 9.44. The molecule has 3 saturated carbocycles. The van der Waals surface area contributed by atoms with Crippen molar-refractivity contribution >= 4 is 5.97 Å². The molecule has 3 aliphatic rings. The van der Waals surface area contributed by atoms with Gasteiger partial charge in [-0.1, -0.05) is 13.8 Å². The fraction of sp³-hybridized carbons (Fsp3) is 0.923. The van der Waals surface area contributed by atoms with Gasteiger partial charge in [0.1, 0.15) is 0 Å². The van der Waals surface area contributed by atoms with Crippen molar-refractivity contribution in [3.05, 3.63) is 0 Å². The molecule has 3 nitrogen and oxygen atoms in total. The quantitative estimate of drug-likeness (QED) is 0.770. The lowest BCUT2D eigenvalue weighted by Gasteiger charge is -2.61. The number of hydrogen-bond acceptors (Lipinski definition) is 2. The SMILES string of the molecule is CC1(C)C2CCC(C(CN)CC(=O)O)C1C2. The maximum Gasteiger partial charge on any atom is 0.303 e. The largest absolute Gasteiger partial charge is 0.481 e. The van der Waals surface area contributed by atoms with Crippen LogP contribution in [0, 0.1) is 29.1 Å². The highest BCUT2D eigenvalue weighted by Gasteiger charge is 2.55. The molecule has 0 aromatic carbocycles. The number of nitrogens with two attached hydrogens (primary N) is 1. The van der Waals surface area contributed by atoms with E-state index in [0.717, 1.165) is 5.92 Å². The number of fused-ring (bicyclic) bond motifs is 2. The van der Waals surface area contributed by atoms with Gasteiger partial charge in [0.05, 0.1) is 0 Å². The number of carboxylic acid groups (broad SMARTS) is 1. The molecular weight excluding hydrogens is 202 g/mol. The predicted octanol–water partition coefficient (Wildman–Crippen LogP) is 2.11. The van der Waals surface area contributed by atoms with Gasteiger partial charge in [0, 0.05) is 6.42 Å². The van der Waals surface area contributed by atoms with E-state index in [0.29, 0.717) is 23.8 Å². The van der Waals surface area contributed by atoms with Crippen LogP contribution in [0.5, 0.6) is 0 Å². The number of aliphatic carboxylic acids is 1. The Morgan fingerprint density at radius 2 is 2.19 bits per heavy atom. The Labute approximate surface area is 97.4 Å². The van der Waals surface area contributed by atoms with Gasteiger partial charge in [-0.25, -0.2) is 0 Å². The highest BCUT2D eigenvalue weighted by atomic mass is 16.4. The Morgan fingerprint density at radius 1 is 1.50 bits per heavy atom. The molecule has 3 rings (SSSR count). The van der Waals surface area contributed by atoms with Gasteiger partial charge in [0.25, 0.3) is 0 Å². The molecule has 4 unspecified atom stereocenters. The predicted molar refractivity (Wildman–Crippen MR) is 62.9 cm³/mol. The molecule has 0 saturated heterocycles. The third-order valence-corrected chi connectivity index (χ3v) is 5.26. The lowest BCUT2D eigenvalue weighted by molar-refractivity contribution is -0.144. The zero-order valence-corrected chi connectivity index (χ0v) is 10.3. The van der Waals surface area contributed by atoms with Crippen LogP contribution in [0.1, 0.15) is 39.5 Å². The van der Waals surface area contributed by atoms with Crippen LogP contribution >= 0.6 is 0 Å². The third-order valence-electron chi connectivity index (χ3n) is 5.26. The smallest absolute Gasteiger partial charge is 0.303 e. The first-order valence-electron chi connectivity index (χ1n) is 6.38. The molecule has 4 atom stereocenters. The minimum Gasteiger partial charge on any atom is -0.481 e. The summed E-state index contributed by atoms with van der Waals surface area (Å²) < 4.78 is 0. The van der Waals surface area contributed by atoms with E-state index in [1.165, 1.54) is 19.3 Å². The maximum atomic E-state index is 10.8. The molecule has 0 radical (unpaired) electrons. The van der Waals surface area contributed by atoms with Gasteiger partial charge in [-0.3, -0.25) is 4.79 Å². The summed E-state index contributed by atoms with van der Waals surface area (Å²) in [5.41, 5.74) is 6.18.